The Labute approximate surface area is 118 Å². The van der Waals surface area contributed by atoms with Crippen LogP contribution in [0.3, 0.4) is 0 Å². The van der Waals surface area contributed by atoms with Crippen molar-refractivity contribution < 1.29 is 7.87 Å². The number of hydrogen-bond donors (Lipinski definition) is 0. The molecule has 0 bridgehead atoms. The van der Waals surface area contributed by atoms with Crippen molar-refractivity contribution in [1.82, 2.24) is 0 Å². The Balaban J connectivity index is 2.50. The summed E-state index contributed by atoms with van der Waals surface area (Å²) in [6, 6.07) is 9.37. The van der Waals surface area contributed by atoms with Gasteiger partial charge in [0.2, 0.25) is 0 Å². The van der Waals surface area contributed by atoms with Crippen molar-refractivity contribution >= 4 is 26.1 Å². The van der Waals surface area contributed by atoms with Crippen LogP contribution in [0.5, 0.6) is 0 Å². The summed E-state index contributed by atoms with van der Waals surface area (Å²) in [5.74, 6) is -0.0998. The first kappa shape index (κ1) is 15.5. The molecule has 1 aromatic rings. The Kier molecular flexibility index (Phi) is 8.14. The average molecular weight is 354 g/mol. The molecule has 0 atom stereocenters. The van der Waals surface area contributed by atoms with Gasteiger partial charge in [0, 0.05) is 0 Å². The van der Waals surface area contributed by atoms with Gasteiger partial charge in [0.25, 0.3) is 0 Å². The van der Waals surface area contributed by atoms with E-state index < -0.39 is 20.2 Å². The predicted octanol–water partition coefficient (Wildman–Crippen LogP) is 4.44. The van der Waals surface area contributed by atoms with Crippen LogP contribution in [-0.4, -0.2) is 26.1 Å². The Bertz CT molecular complexity index is 330. The summed E-state index contributed by atoms with van der Waals surface area (Å²) in [6.45, 7) is 4.39. The summed E-state index contributed by atoms with van der Waals surface area (Å²) in [5, 5.41) is 0. The van der Waals surface area contributed by atoms with Crippen LogP contribution in [0.1, 0.15) is 49.9 Å². The van der Waals surface area contributed by atoms with Crippen LogP contribution < -0.4 is 0 Å². The van der Waals surface area contributed by atoms with Gasteiger partial charge in [0.05, 0.1) is 0 Å². The monoisotopic (exact) mass is 355 g/mol. The molecule has 1 aromatic carbocycles. The summed E-state index contributed by atoms with van der Waals surface area (Å²) in [6.07, 6.45) is 4.80. The summed E-state index contributed by atoms with van der Waals surface area (Å²) in [4.78, 5) is 12.0. The van der Waals surface area contributed by atoms with E-state index in [1.54, 1.807) is 0 Å². The van der Waals surface area contributed by atoms with Crippen molar-refractivity contribution in [1.29, 1.82) is 0 Å². The second-order valence-electron chi connectivity index (χ2n) is 4.50. The first-order valence-corrected chi connectivity index (χ1v) is 12.1. The third-order valence-electron chi connectivity index (χ3n) is 2.86. The molecule has 1 rings (SSSR count). The van der Waals surface area contributed by atoms with Gasteiger partial charge in [-0.25, -0.2) is 0 Å². The van der Waals surface area contributed by atoms with E-state index >= 15 is 0 Å². The van der Waals surface area contributed by atoms with Gasteiger partial charge in [-0.3, -0.25) is 0 Å². The van der Waals surface area contributed by atoms with Gasteiger partial charge in [0.15, 0.2) is 0 Å². The molecule has 0 heterocycles. The zero-order chi connectivity index (χ0) is 13.2. The fourth-order valence-corrected chi connectivity index (χ4v) is 8.39. The molecule has 0 amide bonds. The number of hydrogen-bond acceptors (Lipinski definition) is 2. The van der Waals surface area contributed by atoms with Crippen molar-refractivity contribution in [3.63, 3.8) is 0 Å². The zero-order valence-corrected chi connectivity index (χ0v) is 14.3. The Morgan fingerprint density at radius 1 is 1.06 bits per heavy atom. The van der Waals surface area contributed by atoms with Crippen LogP contribution in [0.25, 0.3) is 0 Å². The molecule has 0 saturated carbocycles. The van der Waals surface area contributed by atoms with Gasteiger partial charge in [-0.2, -0.15) is 0 Å². The van der Waals surface area contributed by atoms with E-state index in [0.717, 1.165) is 0 Å². The van der Waals surface area contributed by atoms with E-state index in [1.165, 1.54) is 34.6 Å². The minimum atomic E-state index is -1.94. The summed E-state index contributed by atoms with van der Waals surface area (Å²) in [7, 11) is 0. The molecule has 0 fully saturated rings. The van der Waals surface area contributed by atoms with Crippen molar-refractivity contribution in [3.05, 3.63) is 35.9 Å². The van der Waals surface area contributed by atoms with Crippen molar-refractivity contribution in [2.45, 2.75) is 48.4 Å². The first-order chi connectivity index (χ1) is 8.77. The van der Waals surface area contributed by atoms with Crippen molar-refractivity contribution in [3.8, 4) is 0 Å². The van der Waals surface area contributed by atoms with Crippen LogP contribution in [0.4, 0.5) is 0 Å². The topological polar surface area (TPSA) is 26.3 Å². The molecule has 0 aromatic heterocycles. The summed E-state index contributed by atoms with van der Waals surface area (Å²) >= 11 is -1.94. The average Bonchev–Trinajstić information content (AvgIpc) is 2.42. The quantitative estimate of drug-likeness (QED) is 0.646. The van der Waals surface area contributed by atoms with E-state index in [2.05, 4.69) is 13.8 Å². The van der Waals surface area contributed by atoms with Gasteiger partial charge >= 0.3 is 118 Å². The van der Waals surface area contributed by atoms with Crippen LogP contribution in [0.15, 0.2) is 30.3 Å². The van der Waals surface area contributed by atoms with Gasteiger partial charge in [-0.15, -0.1) is 0 Å². The molecule has 1 radical (unpaired) electrons. The second-order valence-corrected chi connectivity index (χ2v) is 11.0. The van der Waals surface area contributed by atoms with E-state index in [1.807, 2.05) is 30.3 Å². The third-order valence-corrected chi connectivity index (χ3v) is 9.42. The zero-order valence-electron chi connectivity index (χ0n) is 11.4. The normalized spacial score (nSPS) is 10.6. The van der Waals surface area contributed by atoms with Gasteiger partial charge < -0.3 is 0 Å². The van der Waals surface area contributed by atoms with E-state index in [9.17, 15) is 4.79 Å². The van der Waals surface area contributed by atoms with Crippen LogP contribution in [-0.2, 0) is 3.07 Å². The third kappa shape index (κ3) is 5.89. The molecule has 0 unspecified atom stereocenters. The van der Waals surface area contributed by atoms with Crippen molar-refractivity contribution in [2.24, 2.45) is 0 Å². The maximum atomic E-state index is 12.0. The molecule has 0 aliphatic carbocycles. The predicted molar refractivity (Wildman–Crippen MR) is 77.0 cm³/mol. The SMILES string of the molecule is CCC[CH2][Sn]([CH2]CCC)[O]C(=O)c1ccccc1. The number of carbonyl (C=O) groups is 1. The first-order valence-electron chi connectivity index (χ1n) is 6.89. The van der Waals surface area contributed by atoms with Crippen LogP contribution in [0.2, 0.25) is 8.87 Å². The number of unbranched alkanes of at least 4 members (excludes halogenated alkanes) is 2. The van der Waals surface area contributed by atoms with Gasteiger partial charge in [-0.05, 0) is 0 Å². The van der Waals surface area contributed by atoms with E-state index in [4.69, 9.17) is 3.07 Å². The molecule has 2 nitrogen and oxygen atoms in total. The van der Waals surface area contributed by atoms with E-state index in [0.29, 0.717) is 5.56 Å². The minimum absolute atomic E-state index is 0.0998. The number of carbonyl (C=O) groups excluding carboxylic acids is 1. The molecule has 0 saturated heterocycles. The molecule has 0 aliphatic rings. The van der Waals surface area contributed by atoms with Crippen molar-refractivity contribution in [2.75, 3.05) is 0 Å². The van der Waals surface area contributed by atoms with E-state index in [-0.39, 0.29) is 5.97 Å². The molecule has 18 heavy (non-hydrogen) atoms. The molecule has 99 valence electrons. The Hall–Kier alpha value is -0.511. The second kappa shape index (κ2) is 9.42. The standard InChI is InChI=1S/C7H6O2.2C4H9.Sn/c8-7(9)6-4-2-1-3-5-6;2*1-3-4-2;/h1-5H,(H,8,9);2*1,3-4H2,2H3;/q;;;+1/p-1. The summed E-state index contributed by atoms with van der Waals surface area (Å²) < 4.78 is 8.15. The Morgan fingerprint density at radius 3 is 2.11 bits per heavy atom. The van der Waals surface area contributed by atoms with Crippen LogP contribution >= 0.6 is 0 Å². The molecular formula is C15H23O2Sn. The molecule has 3 heteroatoms. The van der Waals surface area contributed by atoms with Crippen LogP contribution in [0, 0.1) is 0 Å². The number of benzene rings is 1. The summed E-state index contributed by atoms with van der Waals surface area (Å²) in [5.41, 5.74) is 0.698. The fraction of sp³-hybridized carbons (Fsp3) is 0.533. The molecule has 0 spiro atoms. The molecule has 0 aliphatic heterocycles. The van der Waals surface area contributed by atoms with Gasteiger partial charge in [0.1, 0.15) is 0 Å². The molecule has 0 N–H and O–H groups in total. The maximum absolute atomic E-state index is 12.0. The Morgan fingerprint density at radius 2 is 1.61 bits per heavy atom. The van der Waals surface area contributed by atoms with Gasteiger partial charge in [-0.1, -0.05) is 0 Å². The fourth-order valence-electron chi connectivity index (χ4n) is 1.74. The number of rotatable bonds is 8. The molecular weight excluding hydrogens is 331 g/mol.